The molecule has 37 heavy (non-hydrogen) atoms. The average Bonchev–Trinajstić information content (AvgIpc) is 2.89. The molecule has 2 aromatic rings. The van der Waals surface area contributed by atoms with Gasteiger partial charge in [0.2, 0.25) is 15.9 Å². The summed E-state index contributed by atoms with van der Waals surface area (Å²) < 4.78 is 26.5. The molecule has 0 radical (unpaired) electrons. The molecule has 1 fully saturated rings. The number of nitrogens with zero attached hydrogens (tertiary/aromatic N) is 3. The highest BCUT2D eigenvalue weighted by atomic mass is 35.5. The third-order valence-corrected chi connectivity index (χ3v) is 9.39. The fourth-order valence-corrected chi connectivity index (χ4v) is 6.01. The second-order valence-corrected chi connectivity index (χ2v) is 12.4. The number of amides is 2. The van der Waals surface area contributed by atoms with Crippen molar-refractivity contribution in [2.45, 2.75) is 52.6 Å². The number of sulfonamides is 1. The van der Waals surface area contributed by atoms with E-state index in [1.807, 2.05) is 38.1 Å². The molecule has 2 aromatic carbocycles. The molecule has 7 nitrogen and oxygen atoms in total. The van der Waals surface area contributed by atoms with Gasteiger partial charge in [-0.05, 0) is 62.4 Å². The Balaban J connectivity index is 1.78. The molecule has 1 aliphatic heterocycles. The van der Waals surface area contributed by atoms with E-state index in [9.17, 15) is 18.0 Å². The molecule has 0 bridgehead atoms. The highest BCUT2D eigenvalue weighted by Crippen LogP contribution is 2.26. The fraction of sp³-hybridized carbons (Fsp3) is 0.481. The zero-order valence-corrected chi connectivity index (χ0v) is 23.9. The number of aryl methyl sites for hydroxylation is 1. The van der Waals surface area contributed by atoms with E-state index < -0.39 is 10.0 Å². The van der Waals surface area contributed by atoms with Gasteiger partial charge < -0.3 is 9.80 Å². The van der Waals surface area contributed by atoms with Gasteiger partial charge in [0.15, 0.2) is 0 Å². The Labute approximate surface area is 230 Å². The number of rotatable bonds is 10. The minimum Gasteiger partial charge on any atom is -0.338 e. The summed E-state index contributed by atoms with van der Waals surface area (Å²) in [5.74, 6) is -0.396. The Morgan fingerprint density at radius 2 is 1.70 bits per heavy atom. The van der Waals surface area contributed by atoms with Crippen molar-refractivity contribution >= 4 is 45.0 Å². The van der Waals surface area contributed by atoms with E-state index >= 15 is 0 Å². The van der Waals surface area contributed by atoms with Crippen molar-refractivity contribution in [3.05, 3.63) is 69.2 Å². The minimum atomic E-state index is -3.51. The topological polar surface area (TPSA) is 78.0 Å². The first-order valence-corrected chi connectivity index (χ1v) is 15.0. The van der Waals surface area contributed by atoms with Gasteiger partial charge in [0.1, 0.15) is 0 Å². The molecule has 2 amide bonds. The molecular formula is C27H35Cl2N3O4S. The normalized spacial score (nSPS) is 14.7. The molecule has 0 atom stereocenters. The molecule has 1 aliphatic rings. The summed E-state index contributed by atoms with van der Waals surface area (Å²) in [6, 6.07) is 12.6. The monoisotopic (exact) mass is 567 g/mol. The van der Waals surface area contributed by atoms with Crippen molar-refractivity contribution in [3.8, 4) is 0 Å². The molecular weight excluding hydrogens is 533 g/mol. The summed E-state index contributed by atoms with van der Waals surface area (Å²) in [4.78, 5) is 30.2. The van der Waals surface area contributed by atoms with E-state index in [0.717, 1.165) is 11.1 Å². The van der Waals surface area contributed by atoms with E-state index in [4.69, 9.17) is 23.2 Å². The van der Waals surface area contributed by atoms with Crippen LogP contribution >= 0.6 is 23.2 Å². The number of piperidine rings is 1. The van der Waals surface area contributed by atoms with Crippen LogP contribution in [-0.4, -0.2) is 72.3 Å². The SMILES string of the molecule is CCCN(CC(=O)N(Cc1ccccc1C)C1CCN(C(=O)c2ccc(Cl)c(Cl)c2)CC1)S(=O)(=O)CC. The van der Waals surface area contributed by atoms with Gasteiger partial charge in [0.05, 0.1) is 22.3 Å². The third-order valence-electron chi connectivity index (χ3n) is 6.82. The van der Waals surface area contributed by atoms with Crippen LogP contribution in [-0.2, 0) is 21.4 Å². The van der Waals surface area contributed by atoms with Crippen LogP contribution in [0.5, 0.6) is 0 Å². The standard InChI is InChI=1S/C27H35Cl2N3O4S/c1-4-14-31(37(35,36)5-2)19-26(33)32(18-22-9-7-6-8-20(22)3)23-12-15-30(16-13-23)27(34)21-10-11-24(28)25(29)17-21/h6-11,17,23H,4-5,12-16,18-19H2,1-3H3. The van der Waals surface area contributed by atoms with E-state index in [0.29, 0.717) is 61.1 Å². The smallest absolute Gasteiger partial charge is 0.253 e. The van der Waals surface area contributed by atoms with Gasteiger partial charge in [-0.1, -0.05) is 54.4 Å². The van der Waals surface area contributed by atoms with Crippen LogP contribution in [0.3, 0.4) is 0 Å². The molecule has 3 rings (SSSR count). The molecule has 0 spiro atoms. The summed E-state index contributed by atoms with van der Waals surface area (Å²) in [6.07, 6.45) is 1.82. The van der Waals surface area contributed by atoms with Crippen LogP contribution in [0.4, 0.5) is 0 Å². The number of likely N-dealkylation sites (tertiary alicyclic amines) is 1. The molecule has 1 heterocycles. The predicted octanol–water partition coefficient (Wildman–Crippen LogP) is 5.00. The number of hydrogen-bond acceptors (Lipinski definition) is 4. The summed E-state index contributed by atoms with van der Waals surface area (Å²) in [7, 11) is -3.51. The molecule has 0 unspecified atom stereocenters. The highest BCUT2D eigenvalue weighted by Gasteiger charge is 2.32. The largest absolute Gasteiger partial charge is 0.338 e. The van der Waals surface area contributed by atoms with Gasteiger partial charge in [0, 0.05) is 37.8 Å². The fourth-order valence-electron chi connectivity index (χ4n) is 4.57. The van der Waals surface area contributed by atoms with E-state index in [1.54, 1.807) is 34.9 Å². The van der Waals surface area contributed by atoms with E-state index in [2.05, 4.69) is 0 Å². The predicted molar refractivity (Wildman–Crippen MR) is 148 cm³/mol. The highest BCUT2D eigenvalue weighted by molar-refractivity contribution is 7.89. The van der Waals surface area contributed by atoms with Gasteiger partial charge in [-0.15, -0.1) is 0 Å². The van der Waals surface area contributed by atoms with Crippen LogP contribution in [0, 0.1) is 6.92 Å². The number of halogens is 2. The quantitative estimate of drug-likeness (QED) is 0.405. The average molecular weight is 569 g/mol. The van der Waals surface area contributed by atoms with Crippen molar-refractivity contribution in [3.63, 3.8) is 0 Å². The number of carbonyl (C=O) groups is 2. The van der Waals surface area contributed by atoms with Gasteiger partial charge in [0.25, 0.3) is 5.91 Å². The van der Waals surface area contributed by atoms with Gasteiger partial charge in [-0.3, -0.25) is 9.59 Å². The minimum absolute atomic E-state index is 0.0483. The van der Waals surface area contributed by atoms with Crippen LogP contribution in [0.1, 0.15) is 54.6 Å². The second-order valence-electron chi connectivity index (χ2n) is 9.33. The molecule has 0 aliphatic carbocycles. The zero-order valence-electron chi connectivity index (χ0n) is 21.6. The Morgan fingerprint density at radius 3 is 2.30 bits per heavy atom. The lowest BCUT2D eigenvalue weighted by Gasteiger charge is -2.39. The number of benzene rings is 2. The number of hydrogen-bond donors (Lipinski definition) is 0. The maximum atomic E-state index is 13.6. The van der Waals surface area contributed by atoms with Gasteiger partial charge in [-0.2, -0.15) is 4.31 Å². The molecule has 0 saturated carbocycles. The van der Waals surface area contributed by atoms with Gasteiger partial charge >= 0.3 is 0 Å². The van der Waals surface area contributed by atoms with E-state index in [1.165, 1.54) is 4.31 Å². The third kappa shape index (κ3) is 7.47. The van der Waals surface area contributed by atoms with Crippen LogP contribution in [0.2, 0.25) is 10.0 Å². The summed E-state index contributed by atoms with van der Waals surface area (Å²) in [5, 5.41) is 0.723. The summed E-state index contributed by atoms with van der Waals surface area (Å²) in [6.45, 7) is 6.96. The Bertz CT molecular complexity index is 1210. The molecule has 1 saturated heterocycles. The lowest BCUT2D eigenvalue weighted by molar-refractivity contribution is -0.135. The first kappa shape index (κ1) is 29.4. The molecule has 0 aromatic heterocycles. The molecule has 202 valence electrons. The van der Waals surface area contributed by atoms with E-state index in [-0.39, 0.29) is 30.2 Å². The van der Waals surface area contributed by atoms with Gasteiger partial charge in [-0.25, -0.2) is 8.42 Å². The lowest BCUT2D eigenvalue weighted by Crippen LogP contribution is -2.51. The summed E-state index contributed by atoms with van der Waals surface area (Å²) in [5.41, 5.74) is 2.56. The first-order valence-electron chi connectivity index (χ1n) is 12.6. The van der Waals surface area contributed by atoms with Crippen LogP contribution < -0.4 is 0 Å². The van der Waals surface area contributed by atoms with Crippen molar-refractivity contribution in [1.29, 1.82) is 0 Å². The Morgan fingerprint density at radius 1 is 1.03 bits per heavy atom. The van der Waals surface area contributed by atoms with Crippen LogP contribution in [0.15, 0.2) is 42.5 Å². The Hall–Kier alpha value is -2.13. The van der Waals surface area contributed by atoms with Crippen molar-refractivity contribution < 1.29 is 18.0 Å². The second kappa shape index (κ2) is 13.1. The zero-order chi connectivity index (χ0) is 27.2. The lowest BCUT2D eigenvalue weighted by atomic mass is 10.00. The van der Waals surface area contributed by atoms with Crippen molar-refractivity contribution in [2.24, 2.45) is 0 Å². The summed E-state index contributed by atoms with van der Waals surface area (Å²) >= 11 is 12.1. The van der Waals surface area contributed by atoms with Crippen molar-refractivity contribution in [2.75, 3.05) is 31.9 Å². The molecule has 0 N–H and O–H groups in total. The van der Waals surface area contributed by atoms with Crippen LogP contribution in [0.25, 0.3) is 0 Å². The molecule has 10 heteroatoms. The Kier molecular flexibility index (Phi) is 10.4. The first-order chi connectivity index (χ1) is 17.6. The maximum Gasteiger partial charge on any atom is 0.253 e. The maximum absolute atomic E-state index is 13.6. The van der Waals surface area contributed by atoms with Crippen molar-refractivity contribution in [1.82, 2.24) is 14.1 Å². The number of carbonyl (C=O) groups excluding carboxylic acids is 2.